The molecule has 8 heteroatoms. The van der Waals surface area contributed by atoms with Gasteiger partial charge < -0.3 is 20.9 Å². The topological polar surface area (TPSA) is 93.8 Å². The van der Waals surface area contributed by atoms with Crippen molar-refractivity contribution < 1.29 is 14.4 Å². The number of carbonyl (C=O) groups is 3. The summed E-state index contributed by atoms with van der Waals surface area (Å²) < 4.78 is 0. The molecule has 3 unspecified atom stereocenters. The van der Waals surface area contributed by atoms with Crippen LogP contribution < -0.4 is 16.0 Å². The molecule has 2 heterocycles. The standard InChI is InChI=1S/C18H33N5O3/c1-13(18(26)22(2)3)21-16(24)12-23-9-5-6-14(11-23)10-20-17(25)15-7-4-8-19-15/h13-15,19H,4-12H2,1-3H3,(H,20,25)(H,21,24). The van der Waals surface area contributed by atoms with E-state index >= 15 is 0 Å². The molecule has 2 saturated heterocycles. The second kappa shape index (κ2) is 9.87. The average Bonchev–Trinajstić information content (AvgIpc) is 3.13. The fourth-order valence-electron chi connectivity index (χ4n) is 3.68. The zero-order valence-corrected chi connectivity index (χ0v) is 16.2. The molecular weight excluding hydrogens is 334 g/mol. The van der Waals surface area contributed by atoms with Crippen molar-refractivity contribution in [1.29, 1.82) is 0 Å². The summed E-state index contributed by atoms with van der Waals surface area (Å²) in [5.74, 6) is 0.210. The first kappa shape index (κ1) is 20.6. The summed E-state index contributed by atoms with van der Waals surface area (Å²) in [6.07, 6.45) is 4.04. The quantitative estimate of drug-likeness (QED) is 0.546. The number of likely N-dealkylation sites (tertiary alicyclic amines) is 1. The molecule has 0 aliphatic carbocycles. The summed E-state index contributed by atoms with van der Waals surface area (Å²) in [6.45, 7) is 5.23. The molecule has 2 aliphatic rings. The molecule has 26 heavy (non-hydrogen) atoms. The van der Waals surface area contributed by atoms with Gasteiger partial charge in [0.1, 0.15) is 6.04 Å². The Morgan fingerprint density at radius 1 is 1.23 bits per heavy atom. The molecule has 0 aromatic carbocycles. The van der Waals surface area contributed by atoms with E-state index in [0.29, 0.717) is 19.0 Å². The minimum atomic E-state index is -0.517. The molecule has 8 nitrogen and oxygen atoms in total. The first-order chi connectivity index (χ1) is 12.4. The monoisotopic (exact) mass is 367 g/mol. The minimum absolute atomic E-state index is 0.0452. The van der Waals surface area contributed by atoms with Crippen LogP contribution in [0.25, 0.3) is 0 Å². The third-order valence-electron chi connectivity index (χ3n) is 5.10. The van der Waals surface area contributed by atoms with Crippen LogP contribution in [0.1, 0.15) is 32.6 Å². The van der Waals surface area contributed by atoms with Crippen LogP contribution in [0.4, 0.5) is 0 Å². The van der Waals surface area contributed by atoms with E-state index in [9.17, 15) is 14.4 Å². The Labute approximate surface area is 156 Å². The third-order valence-corrected chi connectivity index (χ3v) is 5.10. The number of amides is 3. The fraction of sp³-hybridized carbons (Fsp3) is 0.833. The Hall–Kier alpha value is -1.67. The van der Waals surface area contributed by atoms with E-state index in [1.54, 1.807) is 21.0 Å². The van der Waals surface area contributed by atoms with Crippen molar-refractivity contribution in [2.45, 2.75) is 44.7 Å². The lowest BCUT2D eigenvalue weighted by atomic mass is 9.98. The number of likely N-dealkylation sites (N-methyl/N-ethyl adjacent to an activating group) is 1. The van der Waals surface area contributed by atoms with E-state index in [2.05, 4.69) is 20.9 Å². The fourth-order valence-corrected chi connectivity index (χ4v) is 3.68. The second-order valence-electron chi connectivity index (χ2n) is 7.66. The van der Waals surface area contributed by atoms with Crippen LogP contribution in [0.3, 0.4) is 0 Å². The molecule has 2 rings (SSSR count). The first-order valence-corrected chi connectivity index (χ1v) is 9.60. The highest BCUT2D eigenvalue weighted by atomic mass is 16.2. The van der Waals surface area contributed by atoms with Crippen molar-refractivity contribution >= 4 is 17.7 Å². The summed E-state index contributed by atoms with van der Waals surface area (Å²) in [5.41, 5.74) is 0. The molecule has 2 aliphatic heterocycles. The highest BCUT2D eigenvalue weighted by Crippen LogP contribution is 2.15. The largest absolute Gasteiger partial charge is 0.354 e. The Morgan fingerprint density at radius 3 is 2.65 bits per heavy atom. The van der Waals surface area contributed by atoms with Gasteiger partial charge in [-0.05, 0) is 51.6 Å². The Morgan fingerprint density at radius 2 is 2.00 bits per heavy atom. The number of hydrogen-bond acceptors (Lipinski definition) is 5. The van der Waals surface area contributed by atoms with Crippen molar-refractivity contribution in [2.75, 3.05) is 46.8 Å². The molecule has 0 spiro atoms. The van der Waals surface area contributed by atoms with E-state index in [0.717, 1.165) is 45.3 Å². The maximum Gasteiger partial charge on any atom is 0.244 e. The van der Waals surface area contributed by atoms with Crippen LogP contribution in [0, 0.1) is 5.92 Å². The Bertz CT molecular complexity index is 505. The molecule has 148 valence electrons. The van der Waals surface area contributed by atoms with Gasteiger partial charge in [0.2, 0.25) is 17.7 Å². The number of hydrogen-bond donors (Lipinski definition) is 3. The predicted molar refractivity (Wildman–Crippen MR) is 99.5 cm³/mol. The van der Waals surface area contributed by atoms with Crippen LogP contribution in [0.15, 0.2) is 0 Å². The summed E-state index contributed by atoms with van der Waals surface area (Å²) in [4.78, 5) is 39.7. The van der Waals surface area contributed by atoms with Crippen LogP contribution in [0.2, 0.25) is 0 Å². The highest BCUT2D eigenvalue weighted by molar-refractivity contribution is 5.87. The van der Waals surface area contributed by atoms with Gasteiger partial charge >= 0.3 is 0 Å². The normalized spacial score (nSPS) is 24.7. The average molecular weight is 367 g/mol. The molecule has 0 aromatic rings. The molecule has 3 N–H and O–H groups in total. The second-order valence-corrected chi connectivity index (χ2v) is 7.66. The van der Waals surface area contributed by atoms with Crippen LogP contribution >= 0.6 is 0 Å². The maximum absolute atomic E-state index is 12.2. The number of nitrogens with zero attached hydrogens (tertiary/aromatic N) is 2. The SMILES string of the molecule is CC(NC(=O)CN1CCCC(CNC(=O)C2CCCN2)C1)C(=O)N(C)C. The van der Waals surface area contributed by atoms with Crippen molar-refractivity contribution in [2.24, 2.45) is 5.92 Å². The van der Waals surface area contributed by atoms with Gasteiger partial charge in [-0.25, -0.2) is 0 Å². The third kappa shape index (κ3) is 6.25. The van der Waals surface area contributed by atoms with Crippen LogP contribution in [-0.2, 0) is 14.4 Å². The van der Waals surface area contributed by atoms with Crippen LogP contribution in [0.5, 0.6) is 0 Å². The van der Waals surface area contributed by atoms with E-state index in [4.69, 9.17) is 0 Å². The van der Waals surface area contributed by atoms with E-state index < -0.39 is 6.04 Å². The molecule has 3 amide bonds. The molecular formula is C18H33N5O3. The highest BCUT2D eigenvalue weighted by Gasteiger charge is 2.26. The summed E-state index contributed by atoms with van der Waals surface area (Å²) in [7, 11) is 3.35. The van der Waals surface area contributed by atoms with Gasteiger partial charge in [0.15, 0.2) is 0 Å². The number of rotatable bonds is 7. The summed E-state index contributed by atoms with van der Waals surface area (Å²) in [5, 5.41) is 9.02. The smallest absolute Gasteiger partial charge is 0.244 e. The zero-order valence-electron chi connectivity index (χ0n) is 16.2. The lowest BCUT2D eigenvalue weighted by Crippen LogP contribution is -2.50. The van der Waals surface area contributed by atoms with E-state index in [1.165, 1.54) is 4.90 Å². The Balaban J connectivity index is 1.70. The van der Waals surface area contributed by atoms with Gasteiger partial charge in [0, 0.05) is 27.2 Å². The predicted octanol–water partition coefficient (Wildman–Crippen LogP) is -0.840. The van der Waals surface area contributed by atoms with E-state index in [-0.39, 0.29) is 23.8 Å². The number of piperidine rings is 1. The van der Waals surface area contributed by atoms with Crippen LogP contribution in [-0.4, -0.2) is 86.4 Å². The van der Waals surface area contributed by atoms with Crippen molar-refractivity contribution in [3.63, 3.8) is 0 Å². The minimum Gasteiger partial charge on any atom is -0.354 e. The van der Waals surface area contributed by atoms with Gasteiger partial charge in [-0.15, -0.1) is 0 Å². The summed E-state index contributed by atoms with van der Waals surface area (Å²) >= 11 is 0. The van der Waals surface area contributed by atoms with Gasteiger partial charge in [-0.2, -0.15) is 0 Å². The molecule has 0 radical (unpaired) electrons. The number of nitrogens with one attached hydrogen (secondary N) is 3. The van der Waals surface area contributed by atoms with Gasteiger partial charge in [0.25, 0.3) is 0 Å². The van der Waals surface area contributed by atoms with Gasteiger partial charge in [-0.1, -0.05) is 0 Å². The molecule has 0 aromatic heterocycles. The zero-order chi connectivity index (χ0) is 19.1. The maximum atomic E-state index is 12.2. The lowest BCUT2D eigenvalue weighted by molar-refractivity contribution is -0.134. The van der Waals surface area contributed by atoms with Gasteiger partial charge in [-0.3, -0.25) is 19.3 Å². The van der Waals surface area contributed by atoms with Gasteiger partial charge in [0.05, 0.1) is 12.6 Å². The first-order valence-electron chi connectivity index (χ1n) is 9.60. The molecule has 3 atom stereocenters. The molecule has 0 bridgehead atoms. The van der Waals surface area contributed by atoms with E-state index in [1.807, 2.05) is 0 Å². The lowest BCUT2D eigenvalue weighted by Gasteiger charge is -2.32. The Kier molecular flexibility index (Phi) is 7.84. The molecule has 0 saturated carbocycles. The van der Waals surface area contributed by atoms with Crippen molar-refractivity contribution in [1.82, 2.24) is 25.8 Å². The van der Waals surface area contributed by atoms with Crippen molar-refractivity contribution in [3.05, 3.63) is 0 Å². The number of carbonyl (C=O) groups excluding carboxylic acids is 3. The summed E-state index contributed by atoms with van der Waals surface area (Å²) in [6, 6.07) is -0.563. The molecule has 2 fully saturated rings. The van der Waals surface area contributed by atoms with Crippen molar-refractivity contribution in [3.8, 4) is 0 Å².